The molecule has 0 radical (unpaired) electrons. The van der Waals surface area contributed by atoms with Crippen LogP contribution in [0.15, 0.2) is 65.6 Å². The first-order valence-electron chi connectivity index (χ1n) is 8.71. The second kappa shape index (κ2) is 5.17. The largest absolute Gasteiger partial charge is 0.508 e. The summed E-state index contributed by atoms with van der Waals surface area (Å²) in [5.41, 5.74) is 3.21. The predicted octanol–water partition coefficient (Wildman–Crippen LogP) is 3.82. The third-order valence-electron chi connectivity index (χ3n) is 5.36. The van der Waals surface area contributed by atoms with Crippen LogP contribution in [0.4, 0.5) is 0 Å². The van der Waals surface area contributed by atoms with Gasteiger partial charge in [0, 0.05) is 11.3 Å². The smallest absolute Gasteiger partial charge is 0.196 e. The zero-order chi connectivity index (χ0) is 16.1. The second-order valence-corrected chi connectivity index (χ2v) is 6.79. The fourth-order valence-corrected chi connectivity index (χ4v) is 4.22. The van der Waals surface area contributed by atoms with Crippen LogP contribution in [0.3, 0.4) is 0 Å². The summed E-state index contributed by atoms with van der Waals surface area (Å²) in [4.78, 5) is 13.3. The topological polar surface area (TPSA) is 25.4 Å². The molecule has 0 unspecified atom stereocenters. The van der Waals surface area contributed by atoms with Crippen LogP contribution in [-0.4, -0.2) is 4.40 Å². The van der Waals surface area contributed by atoms with E-state index in [0.29, 0.717) is 5.92 Å². The second-order valence-electron chi connectivity index (χ2n) is 6.79. The fourth-order valence-electron chi connectivity index (χ4n) is 4.22. The molecule has 118 valence electrons. The van der Waals surface area contributed by atoms with Gasteiger partial charge in [0.1, 0.15) is 17.6 Å². The summed E-state index contributed by atoms with van der Waals surface area (Å²) in [6, 6.07) is 18.4. The number of para-hydroxylation sites is 2. The average Bonchev–Trinajstić information content (AvgIpc) is 3.27. The molecule has 0 aliphatic heterocycles. The van der Waals surface area contributed by atoms with E-state index < -0.39 is 0 Å². The van der Waals surface area contributed by atoms with Crippen molar-refractivity contribution < 1.29 is 4.57 Å². The van der Waals surface area contributed by atoms with Crippen LogP contribution in [0.25, 0.3) is 22.0 Å². The molecule has 5 rings (SSSR count). The lowest BCUT2D eigenvalue weighted by molar-refractivity contribution is -0.614. The molecule has 2 aromatic heterocycles. The van der Waals surface area contributed by atoms with Crippen LogP contribution in [0.5, 0.6) is 0 Å². The van der Waals surface area contributed by atoms with Gasteiger partial charge in [0.2, 0.25) is 0 Å². The average molecular weight is 315 g/mol. The van der Waals surface area contributed by atoms with Crippen molar-refractivity contribution in [3.8, 4) is 5.69 Å². The first-order valence-corrected chi connectivity index (χ1v) is 8.71. The van der Waals surface area contributed by atoms with Crippen molar-refractivity contribution >= 4 is 16.3 Å². The first-order chi connectivity index (χ1) is 11.8. The molecule has 1 aliphatic rings. The van der Waals surface area contributed by atoms with E-state index in [4.69, 9.17) is 0 Å². The quantitative estimate of drug-likeness (QED) is 0.516. The Morgan fingerprint density at radius 2 is 1.67 bits per heavy atom. The molecule has 0 atom stereocenters. The number of hydrogen-bond donors (Lipinski definition) is 0. The zero-order valence-corrected chi connectivity index (χ0v) is 13.5. The first kappa shape index (κ1) is 13.7. The third-order valence-corrected chi connectivity index (χ3v) is 5.36. The Balaban J connectivity index is 1.89. The lowest BCUT2D eigenvalue weighted by Crippen LogP contribution is -2.50. The van der Waals surface area contributed by atoms with Crippen molar-refractivity contribution in [2.75, 3.05) is 0 Å². The van der Waals surface area contributed by atoms with Crippen LogP contribution in [0.2, 0.25) is 0 Å². The van der Waals surface area contributed by atoms with Crippen molar-refractivity contribution in [3.05, 3.63) is 77.0 Å². The van der Waals surface area contributed by atoms with Gasteiger partial charge in [-0.2, -0.15) is 13.8 Å². The number of hydrogen-bond acceptors (Lipinski definition) is 1. The maximum Gasteiger partial charge on any atom is 0.508 e. The Labute approximate surface area is 140 Å². The highest BCUT2D eigenvalue weighted by atomic mass is 16.1. The molecule has 0 spiro atoms. The van der Waals surface area contributed by atoms with Gasteiger partial charge >= 0.3 is 5.69 Å². The number of benzene rings is 2. The molecule has 3 nitrogen and oxygen atoms in total. The van der Waals surface area contributed by atoms with E-state index in [9.17, 15) is 4.79 Å². The Morgan fingerprint density at radius 1 is 0.917 bits per heavy atom. The SMILES string of the molecule is O=c1n2c(C3CCCC3)cc3cccc(c[n+]1-c1ccccc1)c32. The van der Waals surface area contributed by atoms with E-state index in [1.165, 1.54) is 36.8 Å². The molecule has 2 heterocycles. The monoisotopic (exact) mass is 315 g/mol. The Kier molecular flexibility index (Phi) is 2.96. The lowest BCUT2D eigenvalue weighted by Gasteiger charge is -2.06. The van der Waals surface area contributed by atoms with Crippen LogP contribution < -0.4 is 10.3 Å². The molecule has 1 saturated carbocycles. The summed E-state index contributed by atoms with van der Waals surface area (Å²) >= 11 is 0. The minimum absolute atomic E-state index is 0.0387. The van der Waals surface area contributed by atoms with Crippen LogP contribution in [-0.2, 0) is 0 Å². The van der Waals surface area contributed by atoms with Gasteiger partial charge in [-0.15, -0.1) is 0 Å². The number of rotatable bonds is 2. The molecule has 4 aromatic rings. The van der Waals surface area contributed by atoms with Gasteiger partial charge in [-0.1, -0.05) is 43.2 Å². The Morgan fingerprint density at radius 3 is 2.46 bits per heavy atom. The van der Waals surface area contributed by atoms with E-state index in [-0.39, 0.29) is 5.69 Å². The van der Waals surface area contributed by atoms with Crippen molar-refractivity contribution in [2.45, 2.75) is 31.6 Å². The van der Waals surface area contributed by atoms with Gasteiger partial charge in [-0.25, -0.2) is 0 Å². The molecule has 0 saturated heterocycles. The van der Waals surface area contributed by atoms with E-state index in [2.05, 4.69) is 24.3 Å². The van der Waals surface area contributed by atoms with Crippen molar-refractivity contribution in [3.63, 3.8) is 0 Å². The predicted molar refractivity (Wildman–Crippen MR) is 95.1 cm³/mol. The van der Waals surface area contributed by atoms with Crippen LogP contribution in [0.1, 0.15) is 37.3 Å². The van der Waals surface area contributed by atoms with E-state index in [1.54, 1.807) is 4.57 Å². The molecular weight excluding hydrogens is 296 g/mol. The fraction of sp³-hybridized carbons (Fsp3) is 0.238. The minimum atomic E-state index is 0.0387. The summed E-state index contributed by atoms with van der Waals surface area (Å²) in [6.07, 6.45) is 6.88. The zero-order valence-electron chi connectivity index (χ0n) is 13.5. The van der Waals surface area contributed by atoms with E-state index in [0.717, 1.165) is 16.6 Å². The molecule has 0 N–H and O–H groups in total. The van der Waals surface area contributed by atoms with Crippen molar-refractivity contribution in [1.82, 2.24) is 4.40 Å². The molecule has 24 heavy (non-hydrogen) atoms. The summed E-state index contributed by atoms with van der Waals surface area (Å²) in [5.74, 6) is 0.505. The van der Waals surface area contributed by atoms with Crippen LogP contribution >= 0.6 is 0 Å². The van der Waals surface area contributed by atoms with Gasteiger partial charge < -0.3 is 0 Å². The van der Waals surface area contributed by atoms with Gasteiger partial charge in [0.15, 0.2) is 5.52 Å². The molecule has 0 bridgehead atoms. The maximum absolute atomic E-state index is 13.3. The highest BCUT2D eigenvalue weighted by molar-refractivity contribution is 5.96. The van der Waals surface area contributed by atoms with Gasteiger partial charge in [0.25, 0.3) is 0 Å². The summed E-state index contributed by atoms with van der Waals surface area (Å²) in [7, 11) is 0. The normalized spacial score (nSPS) is 15.7. The maximum atomic E-state index is 13.3. The van der Waals surface area contributed by atoms with Crippen molar-refractivity contribution in [2.24, 2.45) is 0 Å². The summed E-state index contributed by atoms with van der Waals surface area (Å²) in [5, 5.41) is 2.28. The Bertz CT molecular complexity index is 1080. The van der Waals surface area contributed by atoms with Gasteiger partial charge in [-0.3, -0.25) is 0 Å². The van der Waals surface area contributed by atoms with Gasteiger partial charge in [0.05, 0.1) is 5.39 Å². The minimum Gasteiger partial charge on any atom is -0.196 e. The number of nitrogens with zero attached hydrogens (tertiary/aromatic N) is 2. The molecule has 0 amide bonds. The van der Waals surface area contributed by atoms with E-state index >= 15 is 0 Å². The van der Waals surface area contributed by atoms with Crippen molar-refractivity contribution in [1.29, 1.82) is 0 Å². The molecule has 1 fully saturated rings. The third kappa shape index (κ3) is 1.91. The molecule has 3 heteroatoms. The van der Waals surface area contributed by atoms with E-state index in [1.807, 2.05) is 40.9 Å². The molecule has 1 aliphatic carbocycles. The highest BCUT2D eigenvalue weighted by Crippen LogP contribution is 2.36. The summed E-state index contributed by atoms with van der Waals surface area (Å²) in [6.45, 7) is 0. The standard InChI is InChI=1S/C21H19N2O/c24-21-22(18-11-2-1-3-12-18)14-17-10-6-9-16-13-19(23(21)20(16)17)15-7-4-5-8-15/h1-3,6,9-15H,4-5,7-8H2/q+1. The number of aromatic nitrogens is 2. The lowest BCUT2D eigenvalue weighted by atomic mass is 10.0. The summed E-state index contributed by atoms with van der Waals surface area (Å²) < 4.78 is 3.74. The highest BCUT2D eigenvalue weighted by Gasteiger charge is 2.28. The van der Waals surface area contributed by atoms with Gasteiger partial charge in [-0.05, 0) is 37.1 Å². The molecule has 2 aromatic carbocycles. The molecular formula is C21H19N2O+. The Hall–Kier alpha value is -2.68. The van der Waals surface area contributed by atoms with Crippen LogP contribution in [0, 0.1) is 0 Å².